The smallest absolute Gasteiger partial charge is 0.181 e. The van der Waals surface area contributed by atoms with Crippen LogP contribution in [0.3, 0.4) is 0 Å². The van der Waals surface area contributed by atoms with Crippen molar-refractivity contribution in [3.05, 3.63) is 23.2 Å². The first-order valence-corrected chi connectivity index (χ1v) is 6.39. The van der Waals surface area contributed by atoms with Gasteiger partial charge in [-0.25, -0.2) is 8.42 Å². The fourth-order valence-corrected chi connectivity index (χ4v) is 3.65. The van der Waals surface area contributed by atoms with Crippen LogP contribution in [0.2, 0.25) is 5.02 Å². The predicted molar refractivity (Wildman–Crippen MR) is 56.6 cm³/mol. The molecule has 1 N–H and O–H groups in total. The van der Waals surface area contributed by atoms with E-state index in [2.05, 4.69) is 5.32 Å². The maximum Gasteiger partial charge on any atom is 0.181 e. The van der Waals surface area contributed by atoms with Gasteiger partial charge in [-0.3, -0.25) is 0 Å². The first-order chi connectivity index (χ1) is 6.61. The van der Waals surface area contributed by atoms with Gasteiger partial charge in [0.15, 0.2) is 9.84 Å². The molecule has 0 unspecified atom stereocenters. The van der Waals surface area contributed by atoms with Crippen LogP contribution in [-0.4, -0.2) is 20.7 Å². The van der Waals surface area contributed by atoms with Gasteiger partial charge in [0.25, 0.3) is 0 Å². The number of nitrogens with one attached hydrogen (secondary N) is 1. The fraction of sp³-hybridized carbons (Fsp3) is 0.333. The summed E-state index contributed by atoms with van der Waals surface area (Å²) in [6, 6.07) is 5.09. The normalized spacial score (nSPS) is 19.2. The number of anilines is 1. The number of rotatable bonds is 0. The van der Waals surface area contributed by atoms with E-state index < -0.39 is 9.84 Å². The van der Waals surface area contributed by atoms with Gasteiger partial charge in [0.05, 0.1) is 16.5 Å². The summed E-state index contributed by atoms with van der Waals surface area (Å²) < 4.78 is 23.6. The van der Waals surface area contributed by atoms with Crippen molar-refractivity contribution >= 4 is 27.1 Å². The maximum atomic E-state index is 11.8. The van der Waals surface area contributed by atoms with Crippen molar-refractivity contribution in [3.63, 3.8) is 0 Å². The second kappa shape index (κ2) is 3.44. The van der Waals surface area contributed by atoms with E-state index in [4.69, 9.17) is 11.6 Å². The molecule has 3 nitrogen and oxygen atoms in total. The molecule has 0 amide bonds. The molecule has 1 aliphatic rings. The summed E-state index contributed by atoms with van der Waals surface area (Å²) in [5.74, 6) is 0.163. The van der Waals surface area contributed by atoms with Crippen molar-refractivity contribution in [1.82, 2.24) is 0 Å². The highest BCUT2D eigenvalue weighted by Crippen LogP contribution is 2.31. The third-order valence-corrected chi connectivity index (χ3v) is 4.50. The van der Waals surface area contributed by atoms with Crippen molar-refractivity contribution in [2.24, 2.45) is 0 Å². The quantitative estimate of drug-likeness (QED) is 0.742. The molecule has 1 aliphatic heterocycles. The Kier molecular flexibility index (Phi) is 2.41. The van der Waals surface area contributed by atoms with Gasteiger partial charge < -0.3 is 5.32 Å². The third kappa shape index (κ3) is 1.60. The molecule has 0 spiro atoms. The van der Waals surface area contributed by atoms with E-state index in [1.165, 1.54) is 0 Å². The van der Waals surface area contributed by atoms with E-state index in [0.717, 1.165) is 0 Å². The lowest BCUT2D eigenvalue weighted by Crippen LogP contribution is -2.05. The zero-order valence-electron chi connectivity index (χ0n) is 7.46. The minimum absolute atomic E-state index is 0.163. The van der Waals surface area contributed by atoms with E-state index in [1.807, 2.05) is 0 Å². The Labute approximate surface area is 88.0 Å². The molecule has 1 aromatic rings. The predicted octanol–water partition coefficient (Wildman–Crippen LogP) is 1.93. The number of benzene rings is 1. The van der Waals surface area contributed by atoms with Crippen LogP contribution in [0.25, 0.3) is 0 Å². The molecular weight excluding hydrogens is 222 g/mol. The molecule has 0 atom stereocenters. The first kappa shape index (κ1) is 9.80. The van der Waals surface area contributed by atoms with Crippen molar-refractivity contribution in [2.45, 2.75) is 11.3 Å². The average molecular weight is 232 g/mol. The molecule has 5 heteroatoms. The topological polar surface area (TPSA) is 46.2 Å². The number of hydrogen-bond donors (Lipinski definition) is 1. The van der Waals surface area contributed by atoms with Gasteiger partial charge in [0.2, 0.25) is 0 Å². The molecule has 2 rings (SSSR count). The van der Waals surface area contributed by atoms with E-state index in [9.17, 15) is 8.42 Å². The maximum absolute atomic E-state index is 11.8. The van der Waals surface area contributed by atoms with Gasteiger partial charge in [0, 0.05) is 6.54 Å². The zero-order chi connectivity index (χ0) is 10.2. The van der Waals surface area contributed by atoms with Crippen LogP contribution >= 0.6 is 11.6 Å². The van der Waals surface area contributed by atoms with E-state index in [1.54, 1.807) is 18.2 Å². The molecule has 1 aromatic carbocycles. The van der Waals surface area contributed by atoms with E-state index in [0.29, 0.717) is 23.7 Å². The minimum atomic E-state index is -3.20. The monoisotopic (exact) mass is 231 g/mol. The number of fused-ring (bicyclic) bond motifs is 1. The third-order valence-electron chi connectivity index (χ3n) is 2.18. The summed E-state index contributed by atoms with van der Waals surface area (Å²) in [6.45, 7) is 0.673. The van der Waals surface area contributed by atoms with Crippen molar-refractivity contribution in [3.8, 4) is 0 Å². The standard InChI is InChI=1S/C9H10ClNO2S/c10-7-3-1-4-8-9(7)14(12,13)6-2-5-11-8/h1,3-4,11H,2,5-6H2. The molecule has 76 valence electrons. The zero-order valence-corrected chi connectivity index (χ0v) is 9.03. The summed E-state index contributed by atoms with van der Waals surface area (Å²) >= 11 is 5.88. The molecular formula is C9H10ClNO2S. The van der Waals surface area contributed by atoms with Crippen molar-refractivity contribution in [2.75, 3.05) is 17.6 Å². The minimum Gasteiger partial charge on any atom is -0.384 e. The lowest BCUT2D eigenvalue weighted by atomic mass is 10.3. The van der Waals surface area contributed by atoms with Crippen LogP contribution in [0.5, 0.6) is 0 Å². The average Bonchev–Trinajstić information content (AvgIpc) is 2.25. The van der Waals surface area contributed by atoms with Crippen molar-refractivity contribution < 1.29 is 8.42 Å². The highest BCUT2D eigenvalue weighted by atomic mass is 35.5. The van der Waals surface area contributed by atoms with Crippen LogP contribution in [0, 0.1) is 0 Å². The van der Waals surface area contributed by atoms with Crippen LogP contribution < -0.4 is 5.32 Å². The van der Waals surface area contributed by atoms with Crippen LogP contribution in [0.15, 0.2) is 23.1 Å². The molecule has 0 fully saturated rings. The molecule has 1 heterocycles. The Balaban J connectivity index is 2.70. The molecule has 0 saturated heterocycles. The van der Waals surface area contributed by atoms with Gasteiger partial charge in [-0.2, -0.15) is 0 Å². The Morgan fingerprint density at radius 1 is 1.36 bits per heavy atom. The van der Waals surface area contributed by atoms with E-state index in [-0.39, 0.29) is 10.6 Å². The lowest BCUT2D eigenvalue weighted by Gasteiger charge is -2.07. The molecule has 0 aromatic heterocycles. The molecule has 0 saturated carbocycles. The number of sulfone groups is 1. The Morgan fingerprint density at radius 2 is 2.14 bits per heavy atom. The fourth-order valence-electron chi connectivity index (χ4n) is 1.55. The Bertz CT molecular complexity index is 456. The molecule has 0 radical (unpaired) electrons. The molecule has 14 heavy (non-hydrogen) atoms. The lowest BCUT2D eigenvalue weighted by molar-refractivity contribution is 0.596. The van der Waals surface area contributed by atoms with Gasteiger partial charge >= 0.3 is 0 Å². The molecule has 0 bridgehead atoms. The highest BCUT2D eigenvalue weighted by Gasteiger charge is 2.24. The summed E-state index contributed by atoms with van der Waals surface area (Å²) in [7, 11) is -3.20. The van der Waals surface area contributed by atoms with Crippen LogP contribution in [-0.2, 0) is 9.84 Å². The second-order valence-corrected chi connectivity index (χ2v) is 5.67. The Morgan fingerprint density at radius 3 is 2.93 bits per heavy atom. The number of hydrogen-bond acceptors (Lipinski definition) is 3. The molecule has 0 aliphatic carbocycles. The van der Waals surface area contributed by atoms with Gasteiger partial charge in [-0.15, -0.1) is 0 Å². The van der Waals surface area contributed by atoms with Gasteiger partial charge in [-0.1, -0.05) is 17.7 Å². The second-order valence-electron chi connectivity index (χ2n) is 3.22. The van der Waals surface area contributed by atoms with Crippen LogP contribution in [0.1, 0.15) is 6.42 Å². The summed E-state index contributed by atoms with van der Waals surface area (Å²) in [4.78, 5) is 0.249. The van der Waals surface area contributed by atoms with Gasteiger partial charge in [0.1, 0.15) is 4.90 Å². The van der Waals surface area contributed by atoms with Crippen LogP contribution in [0.4, 0.5) is 5.69 Å². The SMILES string of the molecule is O=S1(=O)CCCNc2cccc(Cl)c21. The highest BCUT2D eigenvalue weighted by molar-refractivity contribution is 7.91. The first-order valence-electron chi connectivity index (χ1n) is 4.36. The largest absolute Gasteiger partial charge is 0.384 e. The summed E-state index contributed by atoms with van der Waals surface area (Å²) in [5.41, 5.74) is 0.620. The van der Waals surface area contributed by atoms with Crippen molar-refractivity contribution in [1.29, 1.82) is 0 Å². The Hall–Kier alpha value is -0.740. The summed E-state index contributed by atoms with van der Waals surface area (Å²) in [6.07, 6.45) is 0.618. The number of halogens is 1. The summed E-state index contributed by atoms with van der Waals surface area (Å²) in [5, 5.41) is 3.36. The van der Waals surface area contributed by atoms with E-state index >= 15 is 0 Å². The van der Waals surface area contributed by atoms with Gasteiger partial charge in [-0.05, 0) is 18.6 Å².